The molecule has 0 atom stereocenters. The van der Waals surface area contributed by atoms with Crippen molar-refractivity contribution in [3.05, 3.63) is 65.9 Å². The van der Waals surface area contributed by atoms with Crippen molar-refractivity contribution in [2.24, 2.45) is 0 Å². The number of fused-ring (bicyclic) bond motifs is 1. The molecule has 4 nitrogen and oxygen atoms in total. The summed E-state index contributed by atoms with van der Waals surface area (Å²) in [6.07, 6.45) is 1.77. The van der Waals surface area contributed by atoms with Gasteiger partial charge in [0.05, 0.1) is 11.1 Å². The fraction of sp³-hybridized carbons (Fsp3) is 0.0588. The zero-order valence-corrected chi connectivity index (χ0v) is 11.3. The molecule has 102 valence electrons. The van der Waals surface area contributed by atoms with E-state index in [1.165, 1.54) is 0 Å². The summed E-state index contributed by atoms with van der Waals surface area (Å²) < 4.78 is 5.72. The van der Waals surface area contributed by atoms with Crippen LogP contribution in [0.2, 0.25) is 0 Å². The lowest BCUT2D eigenvalue weighted by molar-refractivity contribution is 0.305. The minimum Gasteiger partial charge on any atom is -0.488 e. The average molecular weight is 275 g/mol. The zero-order chi connectivity index (χ0) is 14.7. The molecule has 0 aliphatic rings. The van der Waals surface area contributed by atoms with E-state index in [1.807, 2.05) is 30.3 Å². The number of nitriles is 1. The largest absolute Gasteiger partial charge is 0.488 e. The maximum atomic E-state index is 9.09. The summed E-state index contributed by atoms with van der Waals surface area (Å²) in [7, 11) is 0. The Morgan fingerprint density at radius 1 is 1.14 bits per heavy atom. The van der Waals surface area contributed by atoms with Gasteiger partial charge in [-0.2, -0.15) is 5.26 Å². The first-order chi connectivity index (χ1) is 10.3. The van der Waals surface area contributed by atoms with Gasteiger partial charge in [0.2, 0.25) is 0 Å². The van der Waals surface area contributed by atoms with Crippen LogP contribution in [0.4, 0.5) is 5.69 Å². The molecule has 0 unspecified atom stereocenters. The highest BCUT2D eigenvalue weighted by Gasteiger charge is 2.04. The lowest BCUT2D eigenvalue weighted by Crippen LogP contribution is -1.98. The standard InChI is InChI=1S/C17H13N3O/c18-10-14-9-15(19)4-6-17(14)21-11-12-3-5-16-13(8-12)2-1-7-20-16/h1-9H,11,19H2. The minimum atomic E-state index is 0.392. The molecule has 0 spiro atoms. The van der Waals surface area contributed by atoms with Crippen LogP contribution in [-0.4, -0.2) is 4.98 Å². The third-order valence-corrected chi connectivity index (χ3v) is 3.19. The number of aromatic nitrogens is 1. The third-order valence-electron chi connectivity index (χ3n) is 3.19. The van der Waals surface area contributed by atoms with E-state index in [2.05, 4.69) is 11.1 Å². The highest BCUT2D eigenvalue weighted by atomic mass is 16.5. The van der Waals surface area contributed by atoms with E-state index in [0.29, 0.717) is 23.6 Å². The molecule has 2 N–H and O–H groups in total. The van der Waals surface area contributed by atoms with Crippen LogP contribution in [0.3, 0.4) is 0 Å². The monoisotopic (exact) mass is 275 g/mol. The number of rotatable bonds is 3. The summed E-state index contributed by atoms with van der Waals surface area (Å²) in [5.41, 5.74) is 8.63. The van der Waals surface area contributed by atoms with Gasteiger partial charge in [-0.05, 0) is 42.0 Å². The number of nitrogen functional groups attached to an aromatic ring is 1. The lowest BCUT2D eigenvalue weighted by Gasteiger charge is -2.09. The van der Waals surface area contributed by atoms with Crippen LogP contribution in [0, 0.1) is 11.3 Å². The fourth-order valence-electron chi connectivity index (χ4n) is 2.14. The van der Waals surface area contributed by atoms with E-state index >= 15 is 0 Å². The molecular weight excluding hydrogens is 262 g/mol. The molecule has 3 rings (SSSR count). The van der Waals surface area contributed by atoms with Crippen LogP contribution in [0.25, 0.3) is 10.9 Å². The second kappa shape index (κ2) is 5.51. The Balaban J connectivity index is 1.82. The van der Waals surface area contributed by atoms with Crippen molar-refractivity contribution < 1.29 is 4.74 Å². The first-order valence-electron chi connectivity index (χ1n) is 6.52. The Labute approximate surface area is 122 Å². The molecule has 0 saturated carbocycles. The summed E-state index contributed by atoms with van der Waals surface area (Å²) in [4.78, 5) is 4.28. The number of benzene rings is 2. The van der Waals surface area contributed by atoms with Gasteiger partial charge in [0, 0.05) is 17.3 Å². The molecule has 3 aromatic rings. The molecule has 0 saturated heterocycles. The maximum absolute atomic E-state index is 9.09. The normalized spacial score (nSPS) is 10.2. The van der Waals surface area contributed by atoms with Gasteiger partial charge in [0.15, 0.2) is 0 Å². The van der Waals surface area contributed by atoms with E-state index in [-0.39, 0.29) is 0 Å². The van der Waals surface area contributed by atoms with Crippen LogP contribution >= 0.6 is 0 Å². The predicted molar refractivity (Wildman–Crippen MR) is 81.6 cm³/mol. The summed E-state index contributed by atoms with van der Waals surface area (Å²) in [5, 5.41) is 10.2. The van der Waals surface area contributed by atoms with Crippen LogP contribution in [0.1, 0.15) is 11.1 Å². The molecule has 0 radical (unpaired) electrons. The number of hydrogen-bond donors (Lipinski definition) is 1. The summed E-state index contributed by atoms with van der Waals surface area (Å²) in [5.74, 6) is 0.540. The number of nitrogens with zero attached hydrogens (tertiary/aromatic N) is 2. The van der Waals surface area contributed by atoms with Gasteiger partial charge in [-0.25, -0.2) is 0 Å². The second-order valence-corrected chi connectivity index (χ2v) is 4.69. The van der Waals surface area contributed by atoms with Crippen molar-refractivity contribution in [1.29, 1.82) is 5.26 Å². The van der Waals surface area contributed by atoms with Crippen molar-refractivity contribution in [2.75, 3.05) is 5.73 Å². The topological polar surface area (TPSA) is 71.9 Å². The summed E-state index contributed by atoms with van der Waals surface area (Å²) >= 11 is 0. The Morgan fingerprint density at radius 2 is 2.05 bits per heavy atom. The maximum Gasteiger partial charge on any atom is 0.137 e. The van der Waals surface area contributed by atoms with Gasteiger partial charge in [0.1, 0.15) is 18.4 Å². The second-order valence-electron chi connectivity index (χ2n) is 4.69. The molecule has 21 heavy (non-hydrogen) atoms. The Morgan fingerprint density at radius 3 is 2.90 bits per heavy atom. The summed E-state index contributed by atoms with van der Waals surface area (Å²) in [6.45, 7) is 0.392. The van der Waals surface area contributed by atoms with Crippen molar-refractivity contribution in [2.45, 2.75) is 6.61 Å². The average Bonchev–Trinajstić information content (AvgIpc) is 2.53. The number of pyridine rings is 1. The molecule has 0 bridgehead atoms. The van der Waals surface area contributed by atoms with Gasteiger partial charge >= 0.3 is 0 Å². The van der Waals surface area contributed by atoms with Crippen molar-refractivity contribution in [1.82, 2.24) is 4.98 Å². The molecule has 2 aromatic carbocycles. The van der Waals surface area contributed by atoms with Gasteiger partial charge < -0.3 is 10.5 Å². The number of nitrogens with two attached hydrogens (primary N) is 1. The van der Waals surface area contributed by atoms with E-state index in [0.717, 1.165) is 16.5 Å². The molecule has 4 heteroatoms. The molecule has 0 fully saturated rings. The molecule has 0 aliphatic heterocycles. The molecule has 0 aliphatic carbocycles. The van der Waals surface area contributed by atoms with Gasteiger partial charge in [-0.3, -0.25) is 4.98 Å². The fourth-order valence-corrected chi connectivity index (χ4v) is 2.14. The minimum absolute atomic E-state index is 0.392. The predicted octanol–water partition coefficient (Wildman–Crippen LogP) is 3.27. The molecular formula is C17H13N3O. The van der Waals surface area contributed by atoms with Gasteiger partial charge in [0.25, 0.3) is 0 Å². The number of anilines is 1. The number of hydrogen-bond acceptors (Lipinski definition) is 4. The van der Waals surface area contributed by atoms with E-state index in [1.54, 1.807) is 24.4 Å². The van der Waals surface area contributed by atoms with Crippen LogP contribution in [0.5, 0.6) is 5.75 Å². The number of ether oxygens (including phenoxy) is 1. The van der Waals surface area contributed by atoms with Crippen molar-refractivity contribution >= 4 is 16.6 Å². The smallest absolute Gasteiger partial charge is 0.137 e. The zero-order valence-electron chi connectivity index (χ0n) is 11.3. The van der Waals surface area contributed by atoms with Gasteiger partial charge in [-0.1, -0.05) is 12.1 Å². The van der Waals surface area contributed by atoms with Gasteiger partial charge in [-0.15, -0.1) is 0 Å². The van der Waals surface area contributed by atoms with E-state index in [9.17, 15) is 0 Å². The Bertz CT molecular complexity index is 837. The Hall–Kier alpha value is -3.06. The summed E-state index contributed by atoms with van der Waals surface area (Å²) in [6, 6.07) is 17.0. The van der Waals surface area contributed by atoms with Crippen LogP contribution in [0.15, 0.2) is 54.7 Å². The van der Waals surface area contributed by atoms with Crippen LogP contribution < -0.4 is 10.5 Å². The van der Waals surface area contributed by atoms with E-state index in [4.69, 9.17) is 15.7 Å². The first kappa shape index (κ1) is 12.9. The Kier molecular flexibility index (Phi) is 3.40. The van der Waals surface area contributed by atoms with E-state index < -0.39 is 0 Å². The SMILES string of the molecule is N#Cc1cc(N)ccc1OCc1ccc2ncccc2c1. The third kappa shape index (κ3) is 2.77. The first-order valence-corrected chi connectivity index (χ1v) is 6.52. The highest BCUT2D eigenvalue weighted by molar-refractivity contribution is 5.78. The molecule has 1 heterocycles. The van der Waals surface area contributed by atoms with Crippen molar-refractivity contribution in [3.8, 4) is 11.8 Å². The highest BCUT2D eigenvalue weighted by Crippen LogP contribution is 2.22. The lowest BCUT2D eigenvalue weighted by atomic mass is 10.1. The van der Waals surface area contributed by atoms with Crippen LogP contribution in [-0.2, 0) is 6.61 Å². The molecule has 0 amide bonds. The quantitative estimate of drug-likeness (QED) is 0.745. The molecule has 1 aromatic heterocycles. The van der Waals surface area contributed by atoms with Crippen molar-refractivity contribution in [3.63, 3.8) is 0 Å².